The molecule has 4 saturated carbocycles. The molecular weight excluding hydrogens is 1710 g/mol. The van der Waals surface area contributed by atoms with Crippen LogP contribution in [0, 0.1) is 28.6 Å². The number of sulfonamides is 2. The summed E-state index contributed by atoms with van der Waals surface area (Å²) in [6.07, 6.45) is 31.7. The van der Waals surface area contributed by atoms with Crippen molar-refractivity contribution >= 4 is 102 Å². The van der Waals surface area contributed by atoms with Gasteiger partial charge in [-0.25, -0.2) is 31.2 Å². The number of hydrogen-bond acceptors (Lipinski definition) is 20. The SMILES string of the molecule is CCC(C)(C)C(=O)C(=O)N1CCC[C@@H]1C(=O)O.CCC(C)(C)C(=O)C(=O)N1CCC[C@H]1C(=O)OCCCc1cccnc1.O=C(OCCCCc1ccccc1)[C@H]1CCCCN1S(=O)(=O)Cc1ccccc1.O=C(OCCCc1cccnc1)[C@@H]1CCCN1C(=S)NC12CC3CC(CC(C3)C1)C2.O=C(SCCCc1ccccc1)[C@@H]1CCCN1S(=O)(=O)Cc1ccccc1. The summed E-state index contributed by atoms with van der Waals surface area (Å²) in [6.45, 7) is 14.2. The fraction of sp³-hybridized carbons (Fsp3) is 0.560. The molecule has 0 unspecified atom stereocenters. The number of pyridine rings is 2. The summed E-state index contributed by atoms with van der Waals surface area (Å²) in [5.74, 6) is -0.890. The molecule has 2 amide bonds. The van der Waals surface area contributed by atoms with Crippen molar-refractivity contribution in [3.63, 3.8) is 0 Å². The van der Waals surface area contributed by atoms with Gasteiger partial charge in [0.15, 0.2) is 5.11 Å². The fourth-order valence-electron chi connectivity index (χ4n) is 18.7. The van der Waals surface area contributed by atoms with Crippen LogP contribution < -0.4 is 5.32 Å². The maximum atomic E-state index is 12.9. The third-order valence-corrected chi connectivity index (χ3v) is 31.3. The van der Waals surface area contributed by atoms with Crippen LogP contribution in [0.2, 0.25) is 0 Å². The zero-order valence-corrected chi connectivity index (χ0v) is 79.4. The third-order valence-electron chi connectivity index (χ3n) is 26.3. The van der Waals surface area contributed by atoms with Gasteiger partial charge in [0.25, 0.3) is 11.8 Å². The van der Waals surface area contributed by atoms with Crippen LogP contribution in [-0.2, 0) is 115 Å². The van der Waals surface area contributed by atoms with Gasteiger partial charge < -0.3 is 39.3 Å². The van der Waals surface area contributed by atoms with Crippen LogP contribution in [0.25, 0.3) is 0 Å². The highest BCUT2D eigenvalue weighted by Crippen LogP contribution is 2.56. The van der Waals surface area contributed by atoms with E-state index in [-0.39, 0.29) is 34.2 Å². The molecule has 7 heterocycles. The molecule has 4 aliphatic carbocycles. The molecule has 2 aromatic heterocycles. The molecule has 5 saturated heterocycles. The topological polar surface area (TPSA) is 324 Å². The van der Waals surface area contributed by atoms with Crippen molar-refractivity contribution in [2.45, 2.75) is 269 Å². The summed E-state index contributed by atoms with van der Waals surface area (Å²) in [7, 11) is -7.05. The molecule has 4 bridgehead atoms. The molecule has 9 aliphatic rings. The average molecular weight is 1850 g/mol. The number of aryl methyl sites for hydroxylation is 4. The average Bonchev–Trinajstić information content (AvgIpc) is 1.67. The normalized spacial score (nSPS) is 21.8. The van der Waals surface area contributed by atoms with Crippen molar-refractivity contribution < 1.29 is 79.3 Å². The highest BCUT2D eigenvalue weighted by atomic mass is 32.2. The Morgan fingerprint density at radius 2 is 0.806 bits per heavy atom. The molecule has 0 radical (unpaired) electrons. The summed E-state index contributed by atoms with van der Waals surface area (Å²) < 4.78 is 70.7. The number of amides is 2. The lowest BCUT2D eigenvalue weighted by Crippen LogP contribution is -2.62. The Labute approximate surface area is 773 Å². The molecule has 25 nitrogen and oxygen atoms in total. The minimum atomic E-state index is -3.57. The molecule has 9 fully saturated rings. The largest absolute Gasteiger partial charge is 0.480 e. The van der Waals surface area contributed by atoms with E-state index in [1.165, 1.54) is 85.4 Å². The Morgan fingerprint density at radius 3 is 1.26 bits per heavy atom. The van der Waals surface area contributed by atoms with E-state index < -0.39 is 96.3 Å². The predicted molar refractivity (Wildman–Crippen MR) is 503 cm³/mol. The zero-order valence-electron chi connectivity index (χ0n) is 76.1. The van der Waals surface area contributed by atoms with Gasteiger partial charge in [0, 0.05) is 79.6 Å². The first-order valence-electron chi connectivity index (χ1n) is 46.5. The van der Waals surface area contributed by atoms with Crippen LogP contribution in [0.15, 0.2) is 170 Å². The van der Waals surface area contributed by atoms with Crippen molar-refractivity contribution in [1.82, 2.24) is 38.6 Å². The van der Waals surface area contributed by atoms with Gasteiger partial charge in [-0.15, -0.1) is 0 Å². The van der Waals surface area contributed by atoms with E-state index >= 15 is 0 Å². The molecule has 5 aliphatic heterocycles. The summed E-state index contributed by atoms with van der Waals surface area (Å²) in [4.78, 5) is 123. The summed E-state index contributed by atoms with van der Waals surface area (Å²) >= 11 is 7.12. The summed E-state index contributed by atoms with van der Waals surface area (Å²) in [6, 6.07) is 43.6. The number of carboxylic acids is 1. The Kier molecular flexibility index (Phi) is 39.5. The van der Waals surface area contributed by atoms with Crippen molar-refractivity contribution in [3.05, 3.63) is 204 Å². The Balaban J connectivity index is 0.000000170. The minimum Gasteiger partial charge on any atom is -0.480 e. The molecule has 129 heavy (non-hydrogen) atoms. The molecule has 4 aromatic carbocycles. The number of likely N-dealkylation sites (tertiary alicyclic amines) is 3. The number of piperidine rings is 1. The Bertz CT molecular complexity index is 4830. The third kappa shape index (κ3) is 30.5. The monoisotopic (exact) mass is 1850 g/mol. The molecule has 15 rings (SSSR count). The second kappa shape index (κ2) is 49.9. The van der Waals surface area contributed by atoms with Crippen LogP contribution in [0.1, 0.15) is 229 Å². The summed E-state index contributed by atoms with van der Waals surface area (Å²) in [5.41, 5.74) is 5.04. The number of carbonyl (C=O) groups excluding carboxylic acids is 8. The first-order valence-corrected chi connectivity index (χ1v) is 51.1. The number of carbonyl (C=O) groups is 9. The number of aliphatic carboxylic acids is 1. The second-order valence-electron chi connectivity index (χ2n) is 36.8. The quantitative estimate of drug-likeness (QED) is 0.0123. The summed E-state index contributed by atoms with van der Waals surface area (Å²) in [5, 5.41) is 13.5. The van der Waals surface area contributed by atoms with Crippen molar-refractivity contribution in [1.29, 1.82) is 0 Å². The molecule has 6 aromatic rings. The first kappa shape index (κ1) is 102. The molecular formula is C100H134N8O17S4. The molecule has 29 heteroatoms. The highest BCUT2D eigenvalue weighted by Gasteiger charge is 2.53. The number of thiocarbonyl (C=S) groups is 1. The van der Waals surface area contributed by atoms with Crippen LogP contribution in [-0.4, -0.2) is 207 Å². The molecule has 2 N–H and O–H groups in total. The van der Waals surface area contributed by atoms with Gasteiger partial charge in [-0.2, -0.15) is 8.61 Å². The van der Waals surface area contributed by atoms with Gasteiger partial charge >= 0.3 is 23.9 Å². The van der Waals surface area contributed by atoms with Crippen LogP contribution in [0.3, 0.4) is 0 Å². The maximum absolute atomic E-state index is 12.9. The predicted octanol–water partition coefficient (Wildman–Crippen LogP) is 15.3. The number of thioether (sulfide) groups is 1. The van der Waals surface area contributed by atoms with Crippen molar-refractivity contribution in [2.75, 3.05) is 58.3 Å². The number of nitrogens with one attached hydrogen (secondary N) is 1. The van der Waals surface area contributed by atoms with Crippen LogP contribution in [0.5, 0.6) is 0 Å². The number of carboxylic acid groups (broad SMARTS) is 1. The number of ketones is 2. The number of esters is 3. The zero-order chi connectivity index (χ0) is 92.6. The van der Waals surface area contributed by atoms with Crippen LogP contribution >= 0.6 is 24.0 Å². The number of unbranched alkanes of at least 4 members (excludes halogenated alkanes) is 1. The van der Waals surface area contributed by atoms with Gasteiger partial charge in [0.2, 0.25) is 36.7 Å². The number of ether oxygens (including phenoxy) is 3. The van der Waals surface area contributed by atoms with Crippen molar-refractivity contribution in [3.8, 4) is 0 Å². The van der Waals surface area contributed by atoms with E-state index in [2.05, 4.69) is 50.5 Å². The fourth-order valence-corrected chi connectivity index (χ4v) is 23.7. The standard InChI is InChI=1S/C24H33N3O2S.C23H29NO4S.C21H25NO3S2.C20H28N2O4.C12H19NO4/c28-22(29-9-3-5-17-4-1-7-25-16-17)21-6-2-8-27(21)23(30)26-24-13-18-10-19(14-24)12-20(11-18)15-24;25-23(28-18-10-8-13-20-11-3-1-4-12-20)22-16-7-9-17-24(22)29(26,27)19-21-14-5-2-6-15-21;23-21(26-16-8-13-18-9-3-1-4-10-18)20-14-7-15-22(20)27(24,25)17-19-11-5-2-6-12-19;1-4-20(2,3)17(23)18(24)22-12-6-10-16(22)19(25)26-13-7-9-15-8-5-11-21-14-15;1-4-12(2,3)9(14)10(15)13-7-5-6-8(13)11(16)17/h1,4,7,16,18-21H,2-3,5-6,8-15H2,(H,26,30);1-6,11-12,14-15,22H,7-10,13,16-19H2;1-6,9-12,20H,7-8,13-17H2;5,8,11,14,16H,4,6-7,9-10,12-13H2,1-3H3;8H,4-7H2,1-3H3,(H,16,17)/t18?,19?,20?,21-,24?;22-;20-;16-;8-/m01001/s1. The van der Waals surface area contributed by atoms with Crippen molar-refractivity contribution in [2.24, 2.45) is 28.6 Å². The second-order valence-corrected chi connectivity index (χ2v) is 42.1. The molecule has 5 atom stereocenters. The lowest BCUT2D eigenvalue weighted by atomic mass is 9.53. The van der Waals surface area contributed by atoms with E-state index in [0.717, 1.165) is 135 Å². The van der Waals surface area contributed by atoms with E-state index in [4.69, 9.17) is 31.5 Å². The number of rotatable bonds is 35. The minimum absolute atomic E-state index is 0.0165. The van der Waals surface area contributed by atoms with E-state index in [0.29, 0.717) is 104 Å². The number of hydrogen-bond donors (Lipinski definition) is 2. The number of aromatic nitrogens is 2. The van der Waals surface area contributed by atoms with Gasteiger partial charge in [-0.3, -0.25) is 38.7 Å². The number of Topliss-reactive ketones (excluding diaryl/α,β-unsaturated/α-hetero) is 2. The maximum Gasteiger partial charge on any atom is 0.328 e. The highest BCUT2D eigenvalue weighted by molar-refractivity contribution is 8.13. The first-order chi connectivity index (χ1) is 61.9. The molecule has 700 valence electrons. The van der Waals surface area contributed by atoms with Crippen LogP contribution in [0.4, 0.5) is 0 Å². The van der Waals surface area contributed by atoms with E-state index in [9.17, 15) is 60.0 Å². The lowest BCUT2D eigenvalue weighted by Gasteiger charge is -2.57. The van der Waals surface area contributed by atoms with Gasteiger partial charge in [-0.05, 0) is 255 Å². The lowest BCUT2D eigenvalue weighted by molar-refractivity contribution is -0.157. The number of nitrogens with zero attached hydrogens (tertiary/aromatic N) is 7. The smallest absolute Gasteiger partial charge is 0.328 e. The molecule has 0 spiro atoms. The number of benzene rings is 4. The van der Waals surface area contributed by atoms with Gasteiger partial charge in [0.1, 0.15) is 24.2 Å². The van der Waals surface area contributed by atoms with E-state index in [1.807, 2.05) is 123 Å². The van der Waals surface area contributed by atoms with Gasteiger partial charge in [0.05, 0.1) is 37.4 Å². The van der Waals surface area contributed by atoms with E-state index in [1.54, 1.807) is 58.4 Å². The Hall–Kier alpha value is -9.13. The van der Waals surface area contributed by atoms with Gasteiger partial charge in [-0.1, -0.05) is 187 Å². The Morgan fingerprint density at radius 1 is 0.442 bits per heavy atom.